The van der Waals surface area contributed by atoms with Crippen LogP contribution >= 0.6 is 0 Å². The zero-order chi connectivity index (χ0) is 34.1. The summed E-state index contributed by atoms with van der Waals surface area (Å²) in [5.41, 5.74) is 7.84. The molecule has 50 heavy (non-hydrogen) atoms. The molecule has 1 aliphatic rings. The molecule has 7 rings (SSSR count). The number of benzene rings is 6. The summed E-state index contributed by atoms with van der Waals surface area (Å²) in [4.78, 5) is 25.5. The number of rotatable bonds is 10. The molecule has 0 saturated carbocycles. The molecule has 0 unspecified atom stereocenters. The first-order valence-corrected chi connectivity index (χ1v) is 16.0. The van der Waals surface area contributed by atoms with Crippen molar-refractivity contribution in [1.82, 2.24) is 10.9 Å². The van der Waals surface area contributed by atoms with Crippen molar-refractivity contribution in [2.45, 2.75) is 12.6 Å². The number of carbonyl (C=O) groups excluding carboxylic acids is 2. The Bertz CT molecular complexity index is 2020. The quantitative estimate of drug-likeness (QED) is 0.125. The molecule has 2 amide bonds. The van der Waals surface area contributed by atoms with E-state index >= 15 is 0 Å². The second-order valence-electron chi connectivity index (χ2n) is 11.3. The Labute approximate surface area is 287 Å². The van der Waals surface area contributed by atoms with Gasteiger partial charge in [0.1, 0.15) is 11.5 Å². The van der Waals surface area contributed by atoms with E-state index in [4.69, 9.17) is 18.9 Å². The topological polar surface area (TPSA) is 120 Å². The molecule has 0 spiro atoms. The van der Waals surface area contributed by atoms with Crippen LogP contribution in [0, 0.1) is 0 Å². The van der Waals surface area contributed by atoms with E-state index in [9.17, 15) is 9.59 Å². The minimum absolute atomic E-state index is 0.289. The average molecular weight is 665 g/mol. The van der Waals surface area contributed by atoms with E-state index in [-0.39, 0.29) is 11.8 Å². The molecule has 1 heterocycles. The van der Waals surface area contributed by atoms with Gasteiger partial charge in [0.15, 0.2) is 0 Å². The predicted octanol–water partition coefficient (Wildman–Crippen LogP) is 6.68. The monoisotopic (exact) mass is 664 g/mol. The molecule has 6 aromatic carbocycles. The number of hydrogen-bond donors (Lipinski definition) is 2. The highest BCUT2D eigenvalue weighted by molar-refractivity contribution is 6.08. The van der Waals surface area contributed by atoms with Crippen LogP contribution in [0.3, 0.4) is 0 Å². The summed E-state index contributed by atoms with van der Waals surface area (Å²) >= 11 is 0. The van der Waals surface area contributed by atoms with E-state index in [1.165, 1.54) is 0 Å². The van der Waals surface area contributed by atoms with Gasteiger partial charge < -0.3 is 18.9 Å². The Kier molecular flexibility index (Phi) is 9.82. The summed E-state index contributed by atoms with van der Waals surface area (Å²) in [6.07, 6.45) is 1.50. The fourth-order valence-corrected chi connectivity index (χ4v) is 5.50. The molecule has 0 aromatic heterocycles. The number of amides is 2. The molecule has 6 aromatic rings. The third kappa shape index (κ3) is 7.68. The number of nitrogens with one attached hydrogen (secondary N) is 2. The lowest BCUT2D eigenvalue weighted by molar-refractivity contribution is -0.271. The molecule has 2 atom stereocenters. The zero-order valence-electron chi connectivity index (χ0n) is 26.8. The van der Waals surface area contributed by atoms with Gasteiger partial charge >= 0.3 is 0 Å². The molecule has 10 nitrogen and oxygen atoms in total. The molecule has 248 valence electrons. The van der Waals surface area contributed by atoms with Crippen LogP contribution in [0.25, 0.3) is 21.5 Å². The van der Waals surface area contributed by atoms with Crippen LogP contribution in [0.15, 0.2) is 144 Å². The summed E-state index contributed by atoms with van der Waals surface area (Å²) in [7, 11) is 0. The van der Waals surface area contributed by atoms with Crippen LogP contribution in [-0.4, -0.2) is 50.0 Å². The lowest BCUT2D eigenvalue weighted by atomic mass is 10.0. The van der Waals surface area contributed by atoms with Crippen LogP contribution in [0.4, 0.5) is 0 Å². The van der Waals surface area contributed by atoms with Gasteiger partial charge in [-0.1, -0.05) is 72.8 Å². The van der Waals surface area contributed by atoms with Crippen molar-refractivity contribution in [1.29, 1.82) is 0 Å². The standard InChI is InChI=1S/C40H32N4O6/c45-37(35-13-5-9-29-7-1-3-11-33(29)35)43-41-25-27-15-19-31(20-16-27)49-39-40(48-24-23-47-39)50-32-21-17-28(18-22-32)26-42-44-38(46)36-14-6-10-30-8-2-4-12-34(30)36/h1-22,25-26,39-40H,23-24H2,(H,43,45)(H,44,46)/b41-25-,42-26-/t39-,40-/m1/s1. The van der Waals surface area contributed by atoms with Gasteiger partial charge in [-0.15, -0.1) is 0 Å². The van der Waals surface area contributed by atoms with E-state index in [0.717, 1.165) is 32.7 Å². The van der Waals surface area contributed by atoms with Crippen molar-refractivity contribution < 1.29 is 28.5 Å². The summed E-state index contributed by atoms with van der Waals surface area (Å²) in [6.45, 7) is 0.705. The summed E-state index contributed by atoms with van der Waals surface area (Å²) < 4.78 is 23.7. The van der Waals surface area contributed by atoms with Gasteiger partial charge in [0, 0.05) is 11.1 Å². The molecule has 0 radical (unpaired) electrons. The molecule has 2 N–H and O–H groups in total. The molecule has 1 fully saturated rings. The maximum atomic E-state index is 12.7. The molecular weight excluding hydrogens is 632 g/mol. The van der Waals surface area contributed by atoms with Crippen LogP contribution < -0.4 is 20.3 Å². The Morgan fingerprint density at radius 2 is 0.940 bits per heavy atom. The van der Waals surface area contributed by atoms with Crippen molar-refractivity contribution in [2.75, 3.05) is 13.2 Å². The average Bonchev–Trinajstić information content (AvgIpc) is 3.16. The van der Waals surface area contributed by atoms with Crippen molar-refractivity contribution in [2.24, 2.45) is 10.2 Å². The number of fused-ring (bicyclic) bond motifs is 2. The molecular formula is C40H32N4O6. The van der Waals surface area contributed by atoms with E-state index < -0.39 is 12.6 Å². The second kappa shape index (κ2) is 15.2. The fraction of sp³-hybridized carbons (Fsp3) is 0.100. The Balaban J connectivity index is 0.911. The van der Waals surface area contributed by atoms with E-state index in [1.807, 2.05) is 97.1 Å². The third-order valence-electron chi connectivity index (χ3n) is 7.96. The molecule has 1 saturated heterocycles. The minimum Gasteiger partial charge on any atom is -0.458 e. The first-order valence-electron chi connectivity index (χ1n) is 16.0. The van der Waals surface area contributed by atoms with E-state index in [2.05, 4.69) is 21.1 Å². The fourth-order valence-electron chi connectivity index (χ4n) is 5.50. The third-order valence-corrected chi connectivity index (χ3v) is 7.96. The SMILES string of the molecule is O=C(N/N=C\c1ccc(O[C@H]2OCCO[C@@H]2Oc2ccc(/C=N\NC(=O)c3cccc4ccccc34)cc2)cc1)c1cccc2ccccc12. The van der Waals surface area contributed by atoms with Crippen molar-refractivity contribution in [3.8, 4) is 11.5 Å². The summed E-state index contributed by atoms with van der Waals surface area (Å²) in [5.74, 6) is 0.510. The number of carbonyl (C=O) groups is 2. The van der Waals surface area contributed by atoms with Crippen molar-refractivity contribution in [3.05, 3.63) is 156 Å². The highest BCUT2D eigenvalue weighted by Gasteiger charge is 2.31. The highest BCUT2D eigenvalue weighted by atomic mass is 16.8. The number of ether oxygens (including phenoxy) is 4. The zero-order valence-corrected chi connectivity index (χ0v) is 26.8. The maximum absolute atomic E-state index is 12.7. The van der Waals surface area contributed by atoms with Crippen molar-refractivity contribution in [3.63, 3.8) is 0 Å². The predicted molar refractivity (Wildman–Crippen MR) is 192 cm³/mol. The van der Waals surface area contributed by atoms with Gasteiger partial charge in [0.05, 0.1) is 25.6 Å². The molecule has 10 heteroatoms. The molecule has 0 bridgehead atoms. The Morgan fingerprint density at radius 1 is 0.540 bits per heavy atom. The normalized spacial score (nSPS) is 16.1. The van der Waals surface area contributed by atoms with Gasteiger partial charge in [0.25, 0.3) is 24.4 Å². The van der Waals surface area contributed by atoms with E-state index in [1.54, 1.807) is 48.8 Å². The van der Waals surface area contributed by atoms with Gasteiger partial charge in [-0.25, -0.2) is 10.9 Å². The van der Waals surface area contributed by atoms with Gasteiger partial charge in [-0.3, -0.25) is 9.59 Å². The lowest BCUT2D eigenvalue weighted by Gasteiger charge is -2.31. The van der Waals surface area contributed by atoms with Crippen LogP contribution in [0.2, 0.25) is 0 Å². The van der Waals surface area contributed by atoms with Crippen LogP contribution in [0.5, 0.6) is 11.5 Å². The minimum atomic E-state index is -0.811. The maximum Gasteiger partial charge on any atom is 0.271 e. The smallest absolute Gasteiger partial charge is 0.271 e. The van der Waals surface area contributed by atoms with Crippen LogP contribution in [-0.2, 0) is 9.47 Å². The largest absolute Gasteiger partial charge is 0.458 e. The van der Waals surface area contributed by atoms with Gasteiger partial charge in [-0.2, -0.15) is 10.2 Å². The second-order valence-corrected chi connectivity index (χ2v) is 11.3. The first kappa shape index (κ1) is 32.2. The molecule has 1 aliphatic heterocycles. The summed E-state index contributed by atoms with van der Waals surface area (Å²) in [6, 6.07) is 40.9. The van der Waals surface area contributed by atoms with Gasteiger partial charge in [-0.05, 0) is 93.3 Å². The van der Waals surface area contributed by atoms with E-state index in [0.29, 0.717) is 35.8 Å². The first-order chi connectivity index (χ1) is 24.6. The molecule has 0 aliphatic carbocycles. The van der Waals surface area contributed by atoms with Gasteiger partial charge in [0.2, 0.25) is 0 Å². The van der Waals surface area contributed by atoms with Crippen LogP contribution in [0.1, 0.15) is 31.8 Å². The lowest BCUT2D eigenvalue weighted by Crippen LogP contribution is -2.45. The van der Waals surface area contributed by atoms with Crippen molar-refractivity contribution >= 4 is 45.8 Å². The highest BCUT2D eigenvalue weighted by Crippen LogP contribution is 2.23. The summed E-state index contributed by atoms with van der Waals surface area (Å²) in [5, 5.41) is 11.9. The number of hydrogen-bond acceptors (Lipinski definition) is 8. The number of nitrogens with zero attached hydrogens (tertiary/aromatic N) is 2. The Morgan fingerprint density at radius 3 is 1.38 bits per heavy atom. The number of hydrazone groups is 2. The Hall–Kier alpha value is -6.36.